The van der Waals surface area contributed by atoms with Gasteiger partial charge in [0.25, 0.3) is 0 Å². The number of rotatable bonds is 5. The lowest BCUT2D eigenvalue weighted by atomic mass is 9.86. The first kappa shape index (κ1) is 21.1. The molecule has 2 N–H and O–H groups in total. The summed E-state index contributed by atoms with van der Waals surface area (Å²) in [7, 11) is 0. The van der Waals surface area contributed by atoms with E-state index in [-0.39, 0.29) is 30.3 Å². The second-order valence-corrected chi connectivity index (χ2v) is 8.31. The highest BCUT2D eigenvalue weighted by molar-refractivity contribution is 6.05. The maximum absolute atomic E-state index is 12.7. The fourth-order valence-corrected chi connectivity index (χ4v) is 4.43. The van der Waals surface area contributed by atoms with Gasteiger partial charge in [0.1, 0.15) is 6.10 Å². The molecule has 3 heterocycles. The highest BCUT2D eigenvalue weighted by Crippen LogP contribution is 2.30. The van der Waals surface area contributed by atoms with Crippen LogP contribution >= 0.6 is 0 Å². The molecule has 4 rings (SSSR count). The molecule has 31 heavy (non-hydrogen) atoms. The number of hydrogen-bond donors (Lipinski definition) is 2. The number of carbonyl (C=O) groups excluding carboxylic acids is 3. The fourth-order valence-electron chi connectivity index (χ4n) is 4.43. The normalized spacial score (nSPS) is 26.5. The van der Waals surface area contributed by atoms with Gasteiger partial charge in [-0.2, -0.15) is 0 Å². The summed E-state index contributed by atoms with van der Waals surface area (Å²) in [5.41, 5.74) is 0.594. The molecular formula is C21H26N4O6. The molecule has 0 spiro atoms. The third-order valence-corrected chi connectivity index (χ3v) is 6.25. The van der Waals surface area contributed by atoms with Crippen LogP contribution in [0.3, 0.4) is 0 Å². The number of nitrogens with one attached hydrogen (secondary N) is 1. The summed E-state index contributed by atoms with van der Waals surface area (Å²) >= 11 is 0. The number of carboxylic acid groups (broad SMARTS) is 1. The standard InChI is InChI=1S/C21H26N4O6/c26-17-8-10-25(21(30)23-17)15-3-6-18(22-11-15)31-16-4-1-13(2-5-16)19(27)24-9-7-14(12-24)20(28)29/h3,6,11,13-14,16H,1-2,4-5,7-10,12H2,(H,28,29)(H,23,26,30). The molecule has 2 aliphatic heterocycles. The topological polar surface area (TPSA) is 129 Å². The Kier molecular flexibility index (Phi) is 6.06. The third-order valence-electron chi connectivity index (χ3n) is 6.25. The van der Waals surface area contributed by atoms with Gasteiger partial charge in [-0.3, -0.25) is 24.6 Å². The minimum absolute atomic E-state index is 0.0383. The van der Waals surface area contributed by atoms with E-state index < -0.39 is 17.9 Å². The second-order valence-electron chi connectivity index (χ2n) is 8.31. The van der Waals surface area contributed by atoms with Crippen molar-refractivity contribution < 1.29 is 29.0 Å². The molecule has 0 aromatic carbocycles. The number of ether oxygens (including phenoxy) is 1. The monoisotopic (exact) mass is 430 g/mol. The van der Waals surface area contributed by atoms with E-state index in [2.05, 4.69) is 10.3 Å². The van der Waals surface area contributed by atoms with Crippen molar-refractivity contribution in [2.45, 2.75) is 44.6 Å². The van der Waals surface area contributed by atoms with Crippen LogP contribution in [0.2, 0.25) is 0 Å². The third kappa shape index (κ3) is 4.78. The van der Waals surface area contributed by atoms with Gasteiger partial charge in [0.05, 0.1) is 17.8 Å². The zero-order chi connectivity index (χ0) is 22.0. The maximum Gasteiger partial charge on any atom is 0.328 e. The van der Waals surface area contributed by atoms with Crippen molar-refractivity contribution in [2.24, 2.45) is 11.8 Å². The molecule has 2 saturated heterocycles. The first-order valence-corrected chi connectivity index (χ1v) is 10.7. The highest BCUT2D eigenvalue weighted by Gasteiger charge is 2.36. The van der Waals surface area contributed by atoms with Gasteiger partial charge in [0.15, 0.2) is 0 Å². The fraction of sp³-hybridized carbons (Fsp3) is 0.571. The molecular weight excluding hydrogens is 404 g/mol. The van der Waals surface area contributed by atoms with Crippen LogP contribution in [-0.4, -0.2) is 64.5 Å². The summed E-state index contributed by atoms with van der Waals surface area (Å²) in [5.74, 6) is -1.13. The quantitative estimate of drug-likeness (QED) is 0.722. The molecule has 4 amide bonds. The van der Waals surface area contributed by atoms with Crippen LogP contribution in [0.15, 0.2) is 18.3 Å². The van der Waals surface area contributed by atoms with Crippen LogP contribution in [0.5, 0.6) is 5.88 Å². The number of pyridine rings is 1. The Morgan fingerprint density at radius 1 is 1.06 bits per heavy atom. The van der Waals surface area contributed by atoms with Gasteiger partial charge in [-0.25, -0.2) is 9.78 Å². The van der Waals surface area contributed by atoms with E-state index in [1.807, 2.05) is 0 Å². The number of hydrogen-bond acceptors (Lipinski definition) is 6. The van der Waals surface area contributed by atoms with E-state index in [1.165, 1.54) is 4.90 Å². The van der Waals surface area contributed by atoms with Crippen LogP contribution in [0.25, 0.3) is 0 Å². The summed E-state index contributed by atoms with van der Waals surface area (Å²) in [6.45, 7) is 1.14. The lowest BCUT2D eigenvalue weighted by Gasteiger charge is -2.30. The molecule has 1 aromatic rings. The number of anilines is 1. The van der Waals surface area contributed by atoms with Crippen molar-refractivity contribution in [3.05, 3.63) is 18.3 Å². The van der Waals surface area contributed by atoms with E-state index in [4.69, 9.17) is 9.84 Å². The van der Waals surface area contributed by atoms with Gasteiger partial charge >= 0.3 is 12.0 Å². The van der Waals surface area contributed by atoms with E-state index >= 15 is 0 Å². The summed E-state index contributed by atoms with van der Waals surface area (Å²) in [6, 6.07) is 2.98. The van der Waals surface area contributed by atoms with Gasteiger partial charge in [-0.15, -0.1) is 0 Å². The lowest BCUT2D eigenvalue weighted by molar-refractivity contribution is -0.142. The van der Waals surface area contributed by atoms with E-state index in [9.17, 15) is 19.2 Å². The predicted molar refractivity (Wildman–Crippen MR) is 108 cm³/mol. The number of aromatic nitrogens is 1. The Labute approximate surface area is 179 Å². The number of carboxylic acids is 1. The molecule has 10 nitrogen and oxygen atoms in total. The average molecular weight is 430 g/mol. The molecule has 0 bridgehead atoms. The minimum atomic E-state index is -0.833. The van der Waals surface area contributed by atoms with Crippen LogP contribution in [-0.2, 0) is 14.4 Å². The van der Waals surface area contributed by atoms with Gasteiger partial charge in [-0.1, -0.05) is 0 Å². The smallest absolute Gasteiger partial charge is 0.328 e. The van der Waals surface area contributed by atoms with Crippen LogP contribution in [0.4, 0.5) is 10.5 Å². The van der Waals surface area contributed by atoms with Crippen molar-refractivity contribution in [3.8, 4) is 5.88 Å². The number of carbonyl (C=O) groups is 4. The summed E-state index contributed by atoms with van der Waals surface area (Å²) in [6.07, 6.45) is 5.15. The summed E-state index contributed by atoms with van der Waals surface area (Å²) < 4.78 is 5.96. The van der Waals surface area contributed by atoms with Crippen molar-refractivity contribution in [2.75, 3.05) is 24.5 Å². The van der Waals surface area contributed by atoms with Crippen molar-refractivity contribution in [3.63, 3.8) is 0 Å². The van der Waals surface area contributed by atoms with Crippen molar-refractivity contribution in [1.82, 2.24) is 15.2 Å². The Hall–Kier alpha value is -3.17. The van der Waals surface area contributed by atoms with E-state index in [0.717, 1.165) is 12.8 Å². The number of nitrogens with zero attached hydrogens (tertiary/aromatic N) is 3. The molecule has 166 valence electrons. The summed E-state index contributed by atoms with van der Waals surface area (Å²) in [4.78, 5) is 54.4. The van der Waals surface area contributed by atoms with Crippen molar-refractivity contribution in [1.29, 1.82) is 0 Å². The first-order valence-electron chi connectivity index (χ1n) is 10.7. The molecule has 3 aliphatic rings. The number of urea groups is 1. The lowest BCUT2D eigenvalue weighted by Crippen LogP contribution is -2.49. The number of amides is 4. The Morgan fingerprint density at radius 2 is 1.84 bits per heavy atom. The van der Waals surface area contributed by atoms with Crippen LogP contribution in [0, 0.1) is 11.8 Å². The number of imide groups is 1. The zero-order valence-corrected chi connectivity index (χ0v) is 17.2. The minimum Gasteiger partial charge on any atom is -0.481 e. The first-order chi connectivity index (χ1) is 14.9. The van der Waals surface area contributed by atoms with Gasteiger partial charge in [0.2, 0.25) is 17.7 Å². The molecule has 3 fully saturated rings. The highest BCUT2D eigenvalue weighted by atomic mass is 16.5. The Bertz CT molecular complexity index is 865. The van der Waals surface area contributed by atoms with Crippen molar-refractivity contribution >= 4 is 29.5 Å². The maximum atomic E-state index is 12.7. The van der Waals surface area contributed by atoms with Crippen LogP contribution < -0.4 is 15.0 Å². The van der Waals surface area contributed by atoms with E-state index in [0.29, 0.717) is 50.5 Å². The number of aliphatic carboxylic acids is 1. The Balaban J connectivity index is 1.25. The largest absolute Gasteiger partial charge is 0.481 e. The average Bonchev–Trinajstić information content (AvgIpc) is 3.25. The SMILES string of the molecule is O=C1CCN(c2ccc(OC3CCC(C(=O)N4CCC(C(=O)O)C4)CC3)nc2)C(=O)N1. The van der Waals surface area contributed by atoms with Crippen LogP contribution in [0.1, 0.15) is 38.5 Å². The number of likely N-dealkylation sites (tertiary alicyclic amines) is 1. The van der Waals surface area contributed by atoms with Gasteiger partial charge < -0.3 is 14.7 Å². The molecule has 1 aliphatic carbocycles. The zero-order valence-electron chi connectivity index (χ0n) is 17.2. The molecule has 1 unspecified atom stereocenters. The Morgan fingerprint density at radius 3 is 2.45 bits per heavy atom. The molecule has 1 atom stereocenters. The predicted octanol–water partition coefficient (Wildman–Crippen LogP) is 1.40. The van der Waals surface area contributed by atoms with Gasteiger partial charge in [-0.05, 0) is 38.2 Å². The van der Waals surface area contributed by atoms with Gasteiger partial charge in [0, 0.05) is 38.0 Å². The van der Waals surface area contributed by atoms with E-state index in [1.54, 1.807) is 23.2 Å². The molecule has 1 saturated carbocycles. The molecule has 1 aromatic heterocycles. The second kappa shape index (κ2) is 8.91. The molecule has 0 radical (unpaired) electrons. The summed E-state index contributed by atoms with van der Waals surface area (Å²) in [5, 5.41) is 11.4. The molecule has 10 heteroatoms.